The van der Waals surface area contributed by atoms with E-state index < -0.39 is 0 Å². The molecule has 23 heavy (non-hydrogen) atoms. The van der Waals surface area contributed by atoms with Crippen molar-refractivity contribution in [2.75, 3.05) is 23.4 Å². The van der Waals surface area contributed by atoms with E-state index in [9.17, 15) is 4.79 Å². The van der Waals surface area contributed by atoms with Gasteiger partial charge in [0.1, 0.15) is 0 Å². The molecule has 1 aromatic heterocycles. The van der Waals surface area contributed by atoms with Crippen LogP contribution in [0.1, 0.15) is 19.8 Å². The Labute approximate surface area is 147 Å². The van der Waals surface area contributed by atoms with Crippen LogP contribution in [0.2, 0.25) is 0 Å². The molecule has 1 atom stereocenters. The lowest BCUT2D eigenvalue weighted by atomic mass is 10.2. The number of nitrogens with zero attached hydrogens (tertiary/aromatic N) is 1. The van der Waals surface area contributed by atoms with E-state index in [1.54, 1.807) is 0 Å². The van der Waals surface area contributed by atoms with Crippen LogP contribution in [0.5, 0.6) is 0 Å². The predicted octanol–water partition coefficient (Wildman–Crippen LogP) is 3.51. The van der Waals surface area contributed by atoms with Crippen molar-refractivity contribution >= 4 is 46.7 Å². The van der Waals surface area contributed by atoms with Gasteiger partial charge in [0.15, 0.2) is 0 Å². The van der Waals surface area contributed by atoms with Crippen LogP contribution >= 0.6 is 24.2 Å². The molecule has 0 radical (unpaired) electrons. The fourth-order valence-electron chi connectivity index (χ4n) is 2.88. The van der Waals surface area contributed by atoms with Gasteiger partial charge in [0.2, 0.25) is 5.91 Å². The minimum Gasteiger partial charge on any atom is -0.347 e. The summed E-state index contributed by atoms with van der Waals surface area (Å²) in [5, 5.41) is 7.66. The highest BCUT2D eigenvalue weighted by atomic mass is 35.5. The number of amides is 1. The Hall–Kier alpha value is -1.17. The van der Waals surface area contributed by atoms with Crippen molar-refractivity contribution in [3.05, 3.63) is 30.5 Å². The maximum Gasteiger partial charge on any atom is 0.225 e. The summed E-state index contributed by atoms with van der Waals surface area (Å²) in [6, 6.07) is 8.56. The van der Waals surface area contributed by atoms with Crippen LogP contribution in [0, 0.1) is 0 Å². The molecule has 1 saturated heterocycles. The molecular weight excluding hydrogens is 330 g/mol. The molecule has 1 aromatic carbocycles. The number of hydrogen-bond acceptors (Lipinski definition) is 3. The second-order valence-corrected chi connectivity index (χ2v) is 6.91. The summed E-state index contributed by atoms with van der Waals surface area (Å²) in [5.41, 5.74) is 2.07. The summed E-state index contributed by atoms with van der Waals surface area (Å²) in [6.45, 7) is 4.18. The predicted molar refractivity (Wildman–Crippen MR) is 102 cm³/mol. The van der Waals surface area contributed by atoms with Gasteiger partial charge >= 0.3 is 0 Å². The SMILES string of the molecule is CCCn1ccc2ccc(NC(=O)CC3CSCCN3)cc21.Cl. The van der Waals surface area contributed by atoms with E-state index >= 15 is 0 Å². The van der Waals surface area contributed by atoms with Crippen molar-refractivity contribution in [1.82, 2.24) is 9.88 Å². The Morgan fingerprint density at radius 1 is 1.43 bits per heavy atom. The summed E-state index contributed by atoms with van der Waals surface area (Å²) in [4.78, 5) is 12.2. The normalized spacial score (nSPS) is 17.7. The summed E-state index contributed by atoms with van der Waals surface area (Å²) in [5.74, 6) is 2.25. The van der Waals surface area contributed by atoms with E-state index in [1.807, 2.05) is 17.8 Å². The average molecular weight is 354 g/mol. The number of benzene rings is 1. The summed E-state index contributed by atoms with van der Waals surface area (Å²) < 4.78 is 2.24. The second-order valence-electron chi connectivity index (χ2n) is 5.76. The van der Waals surface area contributed by atoms with Gasteiger partial charge in [-0.3, -0.25) is 4.79 Å². The first kappa shape index (κ1) is 18.2. The van der Waals surface area contributed by atoms with Crippen molar-refractivity contribution in [2.24, 2.45) is 0 Å². The maximum atomic E-state index is 12.2. The van der Waals surface area contributed by atoms with Gasteiger partial charge in [-0.15, -0.1) is 12.4 Å². The molecule has 1 amide bonds. The number of rotatable bonds is 5. The van der Waals surface area contributed by atoms with Gasteiger partial charge in [-0.25, -0.2) is 0 Å². The van der Waals surface area contributed by atoms with Crippen LogP contribution in [-0.2, 0) is 11.3 Å². The van der Waals surface area contributed by atoms with Crippen LogP contribution in [0.4, 0.5) is 5.69 Å². The number of carbonyl (C=O) groups is 1. The zero-order valence-electron chi connectivity index (χ0n) is 13.4. The van der Waals surface area contributed by atoms with Crippen molar-refractivity contribution in [2.45, 2.75) is 32.4 Å². The Morgan fingerprint density at radius 2 is 2.30 bits per heavy atom. The van der Waals surface area contributed by atoms with Gasteiger partial charge in [-0.1, -0.05) is 13.0 Å². The first-order valence-corrected chi connectivity index (χ1v) is 9.11. The standard InChI is InChI=1S/C17H23N3OS.ClH/c1-2-7-20-8-5-13-3-4-14(10-16(13)20)19-17(21)11-15-12-22-9-6-18-15;/h3-5,8,10,15,18H,2,6-7,9,11-12H2,1H3,(H,19,21);1H. The lowest BCUT2D eigenvalue weighted by molar-refractivity contribution is -0.116. The molecule has 1 aliphatic rings. The third-order valence-electron chi connectivity index (χ3n) is 3.95. The Balaban J connectivity index is 0.00000192. The topological polar surface area (TPSA) is 46.1 Å². The number of aromatic nitrogens is 1. The molecule has 1 fully saturated rings. The molecule has 0 saturated carbocycles. The van der Waals surface area contributed by atoms with Crippen LogP contribution in [0.15, 0.2) is 30.5 Å². The van der Waals surface area contributed by atoms with Gasteiger partial charge in [-0.05, 0) is 30.0 Å². The summed E-state index contributed by atoms with van der Waals surface area (Å²) >= 11 is 1.92. The fraction of sp³-hybridized carbons (Fsp3) is 0.471. The molecule has 3 rings (SSSR count). The Morgan fingerprint density at radius 3 is 3.04 bits per heavy atom. The highest BCUT2D eigenvalue weighted by molar-refractivity contribution is 7.99. The third kappa shape index (κ3) is 4.66. The molecule has 2 aromatic rings. The second kappa shape index (κ2) is 8.62. The van der Waals surface area contributed by atoms with E-state index in [0.29, 0.717) is 12.5 Å². The van der Waals surface area contributed by atoms with Gasteiger partial charge in [-0.2, -0.15) is 11.8 Å². The highest BCUT2D eigenvalue weighted by Gasteiger charge is 2.16. The number of anilines is 1. The Kier molecular flexibility index (Phi) is 6.81. The highest BCUT2D eigenvalue weighted by Crippen LogP contribution is 2.21. The lowest BCUT2D eigenvalue weighted by Crippen LogP contribution is -2.39. The number of halogens is 1. The number of thioether (sulfide) groups is 1. The van der Waals surface area contributed by atoms with E-state index in [-0.39, 0.29) is 18.3 Å². The molecule has 1 unspecified atom stereocenters. The monoisotopic (exact) mass is 353 g/mol. The molecule has 4 nitrogen and oxygen atoms in total. The van der Waals surface area contributed by atoms with Gasteiger partial charge < -0.3 is 15.2 Å². The fourth-order valence-corrected chi connectivity index (χ4v) is 3.83. The Bertz CT molecular complexity index is 652. The van der Waals surface area contributed by atoms with E-state index in [1.165, 1.54) is 10.9 Å². The first-order valence-electron chi connectivity index (χ1n) is 7.96. The molecule has 0 spiro atoms. The molecule has 2 heterocycles. The molecule has 1 aliphatic heterocycles. The van der Waals surface area contributed by atoms with E-state index in [0.717, 1.165) is 36.7 Å². The molecule has 126 valence electrons. The lowest BCUT2D eigenvalue weighted by Gasteiger charge is -2.22. The van der Waals surface area contributed by atoms with Gasteiger partial charge in [0.25, 0.3) is 0 Å². The molecule has 6 heteroatoms. The number of aryl methyl sites for hydroxylation is 1. The zero-order valence-corrected chi connectivity index (χ0v) is 15.0. The van der Waals surface area contributed by atoms with Crippen LogP contribution < -0.4 is 10.6 Å². The van der Waals surface area contributed by atoms with Gasteiger partial charge in [0, 0.05) is 48.9 Å². The minimum absolute atomic E-state index is 0. The van der Waals surface area contributed by atoms with Crippen molar-refractivity contribution < 1.29 is 4.79 Å². The maximum absolute atomic E-state index is 12.2. The largest absolute Gasteiger partial charge is 0.347 e. The van der Waals surface area contributed by atoms with E-state index in [4.69, 9.17) is 0 Å². The van der Waals surface area contributed by atoms with Crippen molar-refractivity contribution in [3.63, 3.8) is 0 Å². The van der Waals surface area contributed by atoms with Crippen molar-refractivity contribution in [1.29, 1.82) is 0 Å². The van der Waals surface area contributed by atoms with Crippen LogP contribution in [-0.4, -0.2) is 34.6 Å². The number of nitrogens with one attached hydrogen (secondary N) is 2. The quantitative estimate of drug-likeness (QED) is 0.864. The number of hydrogen-bond donors (Lipinski definition) is 2. The van der Waals surface area contributed by atoms with Crippen molar-refractivity contribution in [3.8, 4) is 0 Å². The summed E-state index contributed by atoms with van der Waals surface area (Å²) in [7, 11) is 0. The molecular formula is C17H24ClN3OS. The smallest absolute Gasteiger partial charge is 0.225 e. The minimum atomic E-state index is 0. The molecule has 0 aliphatic carbocycles. The number of carbonyl (C=O) groups excluding carboxylic acids is 1. The van der Waals surface area contributed by atoms with Gasteiger partial charge in [0.05, 0.1) is 5.52 Å². The zero-order chi connectivity index (χ0) is 15.4. The van der Waals surface area contributed by atoms with Crippen LogP contribution in [0.25, 0.3) is 10.9 Å². The third-order valence-corrected chi connectivity index (χ3v) is 5.08. The number of fused-ring (bicyclic) bond motifs is 1. The van der Waals surface area contributed by atoms with Crippen LogP contribution in [0.3, 0.4) is 0 Å². The first-order chi connectivity index (χ1) is 10.8. The molecule has 0 bridgehead atoms. The molecule has 2 N–H and O–H groups in total. The average Bonchev–Trinajstić information content (AvgIpc) is 2.91. The van der Waals surface area contributed by atoms with E-state index in [2.05, 4.69) is 46.5 Å². The summed E-state index contributed by atoms with van der Waals surface area (Å²) in [6.07, 6.45) is 3.76.